The number of carbonyl (C=O) groups excluding carboxylic acids is 3. The van der Waals surface area contributed by atoms with Gasteiger partial charge >= 0.3 is 0 Å². The minimum absolute atomic E-state index is 0.130. The second kappa shape index (κ2) is 39.6. The van der Waals surface area contributed by atoms with E-state index in [4.69, 9.17) is 29.9 Å². The number of aryl methyl sites for hydroxylation is 1. The SMILES string of the molecule is CCC[C@H](C)Nc1ncc2c(C3CCN(C(=O)C4CCN(CCC)CC4)CC3)cn(C3CCC(O)CC3)c2n1.CCC[C@H](C)Nc1ncc2c(C3CCN(C(=O)CCN(C)C)CC3)cn(C3CCC(O)CC3)c2n1.CCC[C@H](C)Nc1ncc2c(C3CCN(C(=O)c4cccc(C)c4)CC3)cn(C3CCC(O)CC3)c2n1. The lowest BCUT2D eigenvalue weighted by Crippen LogP contribution is -2.45. The van der Waals surface area contributed by atoms with Crippen LogP contribution in [0.3, 0.4) is 0 Å². The average molecular weight is 1530 g/mol. The van der Waals surface area contributed by atoms with Crippen LogP contribution < -0.4 is 16.0 Å². The summed E-state index contributed by atoms with van der Waals surface area (Å²) in [6, 6.07) is 9.94. The van der Waals surface area contributed by atoms with Gasteiger partial charge in [-0.05, 0) is 262 Å². The zero-order valence-corrected chi connectivity index (χ0v) is 69.0. The summed E-state index contributed by atoms with van der Waals surface area (Å²) in [5.41, 5.74) is 8.87. The number of aromatic nitrogens is 9. The fraction of sp³-hybridized carbons (Fsp3) is 0.693. The molecule has 111 heavy (non-hydrogen) atoms. The molecule has 3 amide bonds. The lowest BCUT2D eigenvalue weighted by Gasteiger charge is -2.37. The van der Waals surface area contributed by atoms with Gasteiger partial charge in [0.2, 0.25) is 29.7 Å². The molecule has 0 radical (unpaired) electrons. The van der Waals surface area contributed by atoms with Crippen LogP contribution in [0, 0.1) is 12.8 Å². The van der Waals surface area contributed by atoms with E-state index in [9.17, 15) is 29.7 Å². The monoisotopic (exact) mass is 1530 g/mol. The number of piperidine rings is 4. The third-order valence-corrected chi connectivity index (χ3v) is 25.5. The molecule has 6 N–H and O–H groups in total. The number of nitrogens with zero attached hydrogens (tertiary/aromatic N) is 14. The Kier molecular flexibility index (Phi) is 29.7. The zero-order valence-electron chi connectivity index (χ0n) is 69.0. The molecular formula is C88H135N17O6. The number of likely N-dealkylation sites (tertiary alicyclic amines) is 4. The van der Waals surface area contributed by atoms with Crippen molar-refractivity contribution in [2.75, 3.05) is 95.5 Å². The molecular weight excluding hydrogens is 1390 g/mol. The van der Waals surface area contributed by atoms with Gasteiger partial charge < -0.3 is 69.5 Å². The number of carbonyl (C=O) groups is 3. The molecule has 23 heteroatoms. The Labute approximate surface area is 661 Å². The van der Waals surface area contributed by atoms with Crippen LogP contribution in [0.2, 0.25) is 0 Å². The first-order valence-electron chi connectivity index (χ1n) is 43.5. The van der Waals surface area contributed by atoms with Crippen LogP contribution in [-0.2, 0) is 9.59 Å². The molecule has 0 bridgehead atoms. The molecule has 7 aliphatic rings. The van der Waals surface area contributed by atoms with Crippen LogP contribution in [-0.4, -0.2) is 217 Å². The molecule has 0 unspecified atom stereocenters. The molecule has 7 aromatic rings. The Morgan fingerprint density at radius 1 is 0.477 bits per heavy atom. The molecule has 3 aliphatic carbocycles. The molecule has 23 nitrogen and oxygen atoms in total. The number of anilines is 3. The third-order valence-electron chi connectivity index (χ3n) is 25.5. The number of nitrogens with one attached hydrogen (secondary N) is 3. The van der Waals surface area contributed by atoms with Gasteiger partial charge in [0.25, 0.3) is 5.91 Å². The fourth-order valence-corrected chi connectivity index (χ4v) is 19.0. The van der Waals surface area contributed by atoms with Crippen molar-refractivity contribution in [1.29, 1.82) is 0 Å². The largest absolute Gasteiger partial charge is 0.393 e. The van der Waals surface area contributed by atoms with Crippen molar-refractivity contribution in [3.8, 4) is 0 Å². The summed E-state index contributed by atoms with van der Waals surface area (Å²) in [5, 5.41) is 44.1. The summed E-state index contributed by atoms with van der Waals surface area (Å²) in [5.74, 6) is 4.27. The first kappa shape index (κ1) is 83.1. The molecule has 10 heterocycles. The Morgan fingerprint density at radius 3 is 1.20 bits per heavy atom. The highest BCUT2D eigenvalue weighted by Crippen LogP contribution is 2.43. The molecule has 608 valence electrons. The minimum atomic E-state index is -0.186. The summed E-state index contributed by atoms with van der Waals surface area (Å²) in [6.07, 6.45) is 39.6. The summed E-state index contributed by atoms with van der Waals surface area (Å²) in [4.78, 5) is 79.0. The molecule has 0 spiro atoms. The molecule has 4 saturated heterocycles. The molecule has 14 rings (SSSR count). The number of benzene rings is 1. The molecule has 3 saturated carbocycles. The van der Waals surface area contributed by atoms with Crippen molar-refractivity contribution in [2.24, 2.45) is 5.92 Å². The highest BCUT2D eigenvalue weighted by atomic mass is 16.3. The smallest absolute Gasteiger partial charge is 0.253 e. The van der Waals surface area contributed by atoms with Crippen LogP contribution in [0.15, 0.2) is 61.4 Å². The van der Waals surface area contributed by atoms with Gasteiger partial charge in [-0.15, -0.1) is 0 Å². The second-order valence-corrected chi connectivity index (χ2v) is 34.5. The molecule has 4 aliphatic heterocycles. The van der Waals surface area contributed by atoms with E-state index in [-0.39, 0.29) is 36.0 Å². The van der Waals surface area contributed by atoms with Gasteiger partial charge in [0.15, 0.2) is 0 Å². The van der Waals surface area contributed by atoms with E-state index in [1.54, 1.807) is 0 Å². The van der Waals surface area contributed by atoms with E-state index < -0.39 is 0 Å². The van der Waals surface area contributed by atoms with Crippen LogP contribution in [0.1, 0.15) is 297 Å². The quantitative estimate of drug-likeness (QED) is 0.0311. The maximum absolute atomic E-state index is 13.3. The first-order valence-corrected chi connectivity index (χ1v) is 43.5. The lowest BCUT2D eigenvalue weighted by molar-refractivity contribution is -0.138. The number of aliphatic hydroxyl groups is 3. The minimum Gasteiger partial charge on any atom is -0.393 e. The average Bonchev–Trinajstić information content (AvgIpc) is 1.63. The van der Waals surface area contributed by atoms with Crippen molar-refractivity contribution in [2.45, 2.75) is 307 Å². The van der Waals surface area contributed by atoms with Gasteiger partial charge in [0, 0.05) is 153 Å². The zero-order chi connectivity index (χ0) is 78.2. The van der Waals surface area contributed by atoms with Crippen LogP contribution in [0.5, 0.6) is 0 Å². The van der Waals surface area contributed by atoms with E-state index in [0.717, 1.165) is 277 Å². The number of amides is 3. The predicted octanol–water partition coefficient (Wildman–Crippen LogP) is 15.3. The Hall–Kier alpha value is -7.31. The molecule has 3 atom stereocenters. The Bertz CT molecular complexity index is 4100. The second-order valence-electron chi connectivity index (χ2n) is 34.5. The van der Waals surface area contributed by atoms with E-state index in [1.807, 2.05) is 73.7 Å². The molecule has 7 fully saturated rings. The summed E-state index contributed by atoms with van der Waals surface area (Å²) in [6.45, 7) is 26.3. The van der Waals surface area contributed by atoms with E-state index in [0.29, 0.717) is 84.2 Å². The number of aliphatic hydroxyl groups excluding tert-OH is 3. The van der Waals surface area contributed by atoms with E-state index >= 15 is 0 Å². The van der Waals surface area contributed by atoms with Crippen LogP contribution in [0.25, 0.3) is 33.1 Å². The summed E-state index contributed by atoms with van der Waals surface area (Å²) < 4.78 is 7.11. The van der Waals surface area contributed by atoms with E-state index in [1.165, 1.54) is 23.1 Å². The summed E-state index contributed by atoms with van der Waals surface area (Å²) >= 11 is 0. The first-order chi connectivity index (χ1) is 53.7. The normalized spacial score (nSPS) is 23.1. The highest BCUT2D eigenvalue weighted by Gasteiger charge is 2.36. The molecule has 1 aromatic carbocycles. The van der Waals surface area contributed by atoms with Gasteiger partial charge in [-0.25, -0.2) is 15.0 Å². The van der Waals surface area contributed by atoms with Gasteiger partial charge in [0.1, 0.15) is 16.9 Å². The number of rotatable bonds is 25. The predicted molar refractivity (Wildman–Crippen MR) is 446 cm³/mol. The number of fused-ring (bicyclic) bond motifs is 3. The van der Waals surface area contributed by atoms with Crippen molar-refractivity contribution in [3.63, 3.8) is 0 Å². The van der Waals surface area contributed by atoms with Crippen molar-refractivity contribution >= 4 is 68.7 Å². The van der Waals surface area contributed by atoms with Crippen molar-refractivity contribution in [3.05, 3.63) is 89.3 Å². The number of hydrogen-bond donors (Lipinski definition) is 6. The standard InChI is InChI=1S/C31H50N6O2.C30H41N5O2.C27H44N6O2/c1-4-6-22(3)33-31-32-20-27-28(21-37(29(27)34-31)25-7-9-26(38)10-8-25)23-13-18-36(19-14-23)30(39)24-11-16-35(15-5-2)17-12-24;1-4-6-21(3)32-30-31-18-26-27(19-35(28(26)33-30)24-9-11-25(36)12-10-24)22-13-15-34(16-14-22)29(37)23-8-5-7-20(2)17-23;1-5-6-19(2)29-27-28-17-23-24(18-33(26(23)30-27)21-7-9-22(34)10-8-21)20-11-15-32(16-12-20)25(35)13-14-31(3)4/h20-26,38H,4-19H2,1-3H3,(H,32,33,34);5,7-8,17-19,21-22,24-25,36H,4,6,9-16H2,1-3H3,(H,31,32,33);17-22,34H,5-16H2,1-4H3,(H,28,29,30)/t22-,25?,26?;21-,24?,25?;19-,21?,22?/m000/s1. The third kappa shape index (κ3) is 21.4. The van der Waals surface area contributed by atoms with Gasteiger partial charge in [-0.1, -0.05) is 64.7 Å². The van der Waals surface area contributed by atoms with Crippen LogP contribution >= 0.6 is 0 Å². The fourth-order valence-electron chi connectivity index (χ4n) is 19.0. The van der Waals surface area contributed by atoms with Crippen LogP contribution in [0.4, 0.5) is 17.8 Å². The number of hydrogen-bond acceptors (Lipinski definition) is 17. The summed E-state index contributed by atoms with van der Waals surface area (Å²) in [7, 11) is 4.02. The Balaban J connectivity index is 0.000000155. The maximum atomic E-state index is 13.3. The Morgan fingerprint density at radius 2 is 0.847 bits per heavy atom. The van der Waals surface area contributed by atoms with Gasteiger partial charge in [-0.3, -0.25) is 14.4 Å². The van der Waals surface area contributed by atoms with Crippen molar-refractivity contribution < 1.29 is 29.7 Å². The topological polar surface area (TPSA) is 256 Å². The highest BCUT2D eigenvalue weighted by molar-refractivity contribution is 5.94. The lowest BCUT2D eigenvalue weighted by atomic mass is 9.88. The molecule has 6 aromatic heterocycles. The van der Waals surface area contributed by atoms with Gasteiger partial charge in [0.05, 0.1) is 18.3 Å². The maximum Gasteiger partial charge on any atom is 0.253 e. The van der Waals surface area contributed by atoms with Gasteiger partial charge in [-0.2, -0.15) is 15.0 Å². The van der Waals surface area contributed by atoms with E-state index in [2.05, 4.69) is 111 Å². The van der Waals surface area contributed by atoms with Crippen molar-refractivity contribution in [1.82, 2.24) is 68.1 Å².